The maximum absolute atomic E-state index is 12.2. The van der Waals surface area contributed by atoms with Gasteiger partial charge in [0.2, 0.25) is 5.91 Å². The van der Waals surface area contributed by atoms with Gasteiger partial charge in [-0.1, -0.05) is 19.9 Å². The van der Waals surface area contributed by atoms with Crippen molar-refractivity contribution >= 4 is 5.91 Å². The molecule has 0 saturated carbocycles. The highest BCUT2D eigenvalue weighted by atomic mass is 19.3. The number of carbonyl (C=O) groups is 1. The number of hydrogen-bond acceptors (Lipinski definition) is 1. The predicted molar refractivity (Wildman–Crippen MR) is 47.7 cm³/mol. The summed E-state index contributed by atoms with van der Waals surface area (Å²) in [6.45, 7) is 4.81. The molecule has 1 heterocycles. The molecule has 0 aromatic rings. The van der Waals surface area contributed by atoms with Crippen molar-refractivity contribution < 1.29 is 13.6 Å². The number of allylic oxidation sites excluding steroid dienone is 1. The number of halogens is 2. The van der Waals surface area contributed by atoms with Crippen LogP contribution in [-0.4, -0.2) is 29.8 Å². The Morgan fingerprint density at radius 3 is 2.15 bits per heavy atom. The lowest BCUT2D eigenvalue weighted by Crippen LogP contribution is -2.57. The van der Waals surface area contributed by atoms with E-state index in [9.17, 15) is 13.6 Å². The van der Waals surface area contributed by atoms with Gasteiger partial charge in [0, 0.05) is 0 Å². The third kappa shape index (κ3) is 3.53. The van der Waals surface area contributed by atoms with Gasteiger partial charge in [-0.25, -0.2) is 8.78 Å². The highest BCUT2D eigenvalue weighted by molar-refractivity contribution is 5.88. The summed E-state index contributed by atoms with van der Waals surface area (Å²) in [6, 6.07) is 0. The Bertz CT molecular complexity index is 194. The van der Waals surface area contributed by atoms with E-state index in [2.05, 4.69) is 0 Å². The first-order valence-corrected chi connectivity index (χ1v) is 4.34. The van der Waals surface area contributed by atoms with Gasteiger partial charge in [0.1, 0.15) is 0 Å². The van der Waals surface area contributed by atoms with Gasteiger partial charge in [0.25, 0.3) is 5.92 Å². The molecule has 1 amide bonds. The Morgan fingerprint density at radius 2 is 1.85 bits per heavy atom. The number of carbonyl (C=O) groups excluding carboxylic acids is 1. The first-order chi connectivity index (χ1) is 6.05. The van der Waals surface area contributed by atoms with Gasteiger partial charge in [0.05, 0.1) is 13.1 Å². The van der Waals surface area contributed by atoms with E-state index in [-0.39, 0.29) is 5.91 Å². The van der Waals surface area contributed by atoms with E-state index < -0.39 is 19.0 Å². The van der Waals surface area contributed by atoms with Crippen LogP contribution >= 0.6 is 0 Å². The van der Waals surface area contributed by atoms with Crippen LogP contribution in [0.3, 0.4) is 0 Å². The molecule has 0 radical (unpaired) electrons. The molecule has 1 aliphatic heterocycles. The molecule has 1 fully saturated rings. The molecule has 4 heteroatoms. The summed E-state index contributed by atoms with van der Waals surface area (Å²) in [5.41, 5.74) is 0. The predicted octanol–water partition coefficient (Wildman–Crippen LogP) is 2.07. The average Bonchev–Trinajstić information content (AvgIpc) is 2.04. The molecule has 1 saturated heterocycles. The van der Waals surface area contributed by atoms with Crippen molar-refractivity contribution in [3.63, 3.8) is 0 Å². The fraction of sp³-hybridized carbons (Fsp3) is 0.667. The van der Waals surface area contributed by atoms with Crippen LogP contribution < -0.4 is 0 Å². The lowest BCUT2D eigenvalue weighted by atomic mass is 10.1. The minimum atomic E-state index is -2.66. The Morgan fingerprint density at radius 1 is 1.38 bits per heavy atom. The van der Waals surface area contributed by atoms with Crippen LogP contribution in [0.1, 0.15) is 20.8 Å². The quantitative estimate of drug-likeness (QED) is 0.581. The Kier molecular flexibility index (Phi) is 4.59. The maximum atomic E-state index is 12.2. The van der Waals surface area contributed by atoms with Crippen molar-refractivity contribution in [2.24, 2.45) is 0 Å². The number of rotatable bonds is 1. The van der Waals surface area contributed by atoms with Gasteiger partial charge in [-0.3, -0.25) is 4.79 Å². The average molecular weight is 191 g/mol. The van der Waals surface area contributed by atoms with Crippen molar-refractivity contribution in [3.8, 4) is 0 Å². The number of likely N-dealkylation sites (tertiary alicyclic amines) is 1. The van der Waals surface area contributed by atoms with Crippen LogP contribution in [0.5, 0.6) is 0 Å². The highest BCUT2D eigenvalue weighted by Crippen LogP contribution is 2.26. The van der Waals surface area contributed by atoms with Crippen LogP contribution in [0.15, 0.2) is 12.2 Å². The molecule has 76 valence electrons. The number of hydrogen-bond donors (Lipinski definition) is 0. The molecular weight excluding hydrogens is 176 g/mol. The molecule has 0 spiro atoms. The van der Waals surface area contributed by atoms with E-state index in [0.29, 0.717) is 0 Å². The smallest absolute Gasteiger partial charge is 0.282 e. The minimum Gasteiger partial charge on any atom is -0.327 e. The second-order valence-corrected chi connectivity index (χ2v) is 2.55. The van der Waals surface area contributed by atoms with Crippen molar-refractivity contribution in [1.82, 2.24) is 4.90 Å². The first-order valence-electron chi connectivity index (χ1n) is 4.34. The summed E-state index contributed by atoms with van der Waals surface area (Å²) in [7, 11) is 0. The number of nitrogens with zero attached hydrogens (tertiary/aromatic N) is 1. The molecule has 0 bridgehead atoms. The number of amides is 1. The van der Waals surface area contributed by atoms with Gasteiger partial charge in [-0.2, -0.15) is 0 Å². The maximum Gasteiger partial charge on any atom is 0.282 e. The summed E-state index contributed by atoms with van der Waals surface area (Å²) in [5, 5.41) is 0. The van der Waals surface area contributed by atoms with E-state index >= 15 is 0 Å². The van der Waals surface area contributed by atoms with Gasteiger partial charge in [-0.05, 0) is 13.0 Å². The van der Waals surface area contributed by atoms with Crippen LogP contribution in [0.25, 0.3) is 0 Å². The Balaban J connectivity index is 0.000000671. The topological polar surface area (TPSA) is 20.3 Å². The SMILES string of the molecule is C/C=C\C(=O)N1CC(F)(F)C1.CC. The fourth-order valence-corrected chi connectivity index (χ4v) is 0.916. The highest BCUT2D eigenvalue weighted by Gasteiger charge is 2.45. The molecule has 0 aromatic carbocycles. The largest absolute Gasteiger partial charge is 0.327 e. The molecule has 0 N–H and O–H groups in total. The molecule has 0 unspecified atom stereocenters. The van der Waals surface area contributed by atoms with Gasteiger partial charge in [-0.15, -0.1) is 0 Å². The zero-order valence-electron chi connectivity index (χ0n) is 8.18. The molecule has 0 aliphatic carbocycles. The molecule has 1 aliphatic rings. The molecule has 2 nitrogen and oxygen atoms in total. The van der Waals surface area contributed by atoms with Crippen molar-refractivity contribution in [2.45, 2.75) is 26.7 Å². The third-order valence-electron chi connectivity index (χ3n) is 1.47. The Labute approximate surface area is 77.2 Å². The lowest BCUT2D eigenvalue weighted by Gasteiger charge is -2.37. The summed E-state index contributed by atoms with van der Waals surface area (Å²) in [6.07, 6.45) is 2.83. The molecule has 1 rings (SSSR count). The van der Waals surface area contributed by atoms with Gasteiger partial charge < -0.3 is 4.90 Å². The summed E-state index contributed by atoms with van der Waals surface area (Å²) >= 11 is 0. The van der Waals surface area contributed by atoms with E-state index in [1.165, 1.54) is 6.08 Å². The van der Waals surface area contributed by atoms with Gasteiger partial charge >= 0.3 is 0 Å². The zero-order chi connectivity index (χ0) is 10.5. The zero-order valence-corrected chi connectivity index (χ0v) is 8.18. The number of alkyl halides is 2. The van der Waals surface area contributed by atoms with Crippen LogP contribution in [-0.2, 0) is 4.79 Å². The van der Waals surface area contributed by atoms with Crippen molar-refractivity contribution in [1.29, 1.82) is 0 Å². The van der Waals surface area contributed by atoms with E-state index in [4.69, 9.17) is 0 Å². The first kappa shape index (κ1) is 12.1. The second-order valence-electron chi connectivity index (χ2n) is 2.55. The summed E-state index contributed by atoms with van der Waals surface area (Å²) < 4.78 is 24.3. The fourth-order valence-electron chi connectivity index (χ4n) is 0.916. The monoisotopic (exact) mass is 191 g/mol. The van der Waals surface area contributed by atoms with Crippen LogP contribution in [0, 0.1) is 0 Å². The third-order valence-corrected chi connectivity index (χ3v) is 1.47. The normalized spacial score (nSPS) is 19.0. The van der Waals surface area contributed by atoms with Gasteiger partial charge in [0.15, 0.2) is 0 Å². The van der Waals surface area contributed by atoms with Crippen LogP contribution in [0.2, 0.25) is 0 Å². The lowest BCUT2D eigenvalue weighted by molar-refractivity contribution is -0.160. The van der Waals surface area contributed by atoms with Crippen molar-refractivity contribution in [3.05, 3.63) is 12.2 Å². The minimum absolute atomic E-state index is 0.335. The van der Waals surface area contributed by atoms with Crippen LogP contribution in [0.4, 0.5) is 8.78 Å². The summed E-state index contributed by atoms with van der Waals surface area (Å²) in [4.78, 5) is 11.9. The van der Waals surface area contributed by atoms with E-state index in [0.717, 1.165) is 4.90 Å². The molecular formula is C9H15F2NO. The van der Waals surface area contributed by atoms with E-state index in [1.54, 1.807) is 13.0 Å². The molecule has 0 atom stereocenters. The standard InChI is InChI=1S/C7H9F2NO.C2H6/c1-2-3-6(11)10-4-7(8,9)5-10;1-2/h2-3H,4-5H2,1H3;1-2H3/b3-2-;. The molecule has 13 heavy (non-hydrogen) atoms. The molecule has 0 aromatic heterocycles. The summed E-state index contributed by atoms with van der Waals surface area (Å²) in [5.74, 6) is -2.99. The van der Waals surface area contributed by atoms with Crippen molar-refractivity contribution in [2.75, 3.05) is 13.1 Å². The van der Waals surface area contributed by atoms with E-state index in [1.807, 2.05) is 13.8 Å². The Hall–Kier alpha value is -0.930. The second kappa shape index (κ2) is 4.94.